The summed E-state index contributed by atoms with van der Waals surface area (Å²) in [6.07, 6.45) is 0.693. The number of halogens is 2. The Morgan fingerprint density at radius 3 is 2.48 bits per heavy atom. The number of hydrogen-bond donors (Lipinski definition) is 2. The molecule has 1 amide bonds. The molecule has 0 fully saturated rings. The van der Waals surface area contributed by atoms with E-state index in [1.807, 2.05) is 29.6 Å². The van der Waals surface area contributed by atoms with Gasteiger partial charge in [0.1, 0.15) is 11.9 Å². The molecule has 2 aromatic carbocycles. The first kappa shape index (κ1) is 17.4. The van der Waals surface area contributed by atoms with E-state index in [1.165, 1.54) is 12.1 Å². The fourth-order valence-corrected chi connectivity index (χ4v) is 2.38. The molecule has 0 bridgehead atoms. The molecule has 3 N–H and O–H groups in total. The average molecular weight is 336 g/mol. The first-order valence-electron chi connectivity index (χ1n) is 7.64. The zero-order valence-corrected chi connectivity index (χ0v) is 13.8. The van der Waals surface area contributed by atoms with Crippen molar-refractivity contribution >= 4 is 17.5 Å². The van der Waals surface area contributed by atoms with Gasteiger partial charge in [-0.05, 0) is 43.2 Å². The smallest absolute Gasteiger partial charge is 0.275 e. The number of nitrogens with two attached hydrogens (primary N) is 1. The van der Waals surface area contributed by atoms with E-state index in [0.717, 1.165) is 11.1 Å². The van der Waals surface area contributed by atoms with Gasteiger partial charge in [-0.2, -0.15) is 0 Å². The topological polar surface area (TPSA) is 45.7 Å². The normalized spacial score (nSPS) is 12.0. The molecule has 3 nitrogen and oxygen atoms in total. The Bertz CT molecular complexity index is 628. The van der Waals surface area contributed by atoms with E-state index in [4.69, 9.17) is 11.6 Å². The molecule has 122 valence electrons. The number of hydrogen-bond acceptors (Lipinski definition) is 1. The van der Waals surface area contributed by atoms with Crippen LogP contribution in [0.25, 0.3) is 0 Å². The van der Waals surface area contributed by atoms with Crippen LogP contribution in [0.5, 0.6) is 0 Å². The van der Waals surface area contributed by atoms with E-state index in [9.17, 15) is 9.18 Å². The first-order chi connectivity index (χ1) is 11.0. The van der Waals surface area contributed by atoms with Gasteiger partial charge in [-0.3, -0.25) is 4.79 Å². The van der Waals surface area contributed by atoms with Gasteiger partial charge in [0.25, 0.3) is 5.91 Å². The Hall–Kier alpha value is -1.91. The highest BCUT2D eigenvalue weighted by Gasteiger charge is 2.11. The van der Waals surface area contributed by atoms with Crippen LogP contribution in [0.15, 0.2) is 48.5 Å². The van der Waals surface area contributed by atoms with Crippen molar-refractivity contribution in [3.63, 3.8) is 0 Å². The zero-order chi connectivity index (χ0) is 16.7. The third-order valence-corrected chi connectivity index (χ3v) is 3.95. The van der Waals surface area contributed by atoms with Crippen LogP contribution >= 0.6 is 11.6 Å². The lowest BCUT2D eigenvalue weighted by Gasteiger charge is -2.11. The molecule has 0 heterocycles. The fourth-order valence-electron chi connectivity index (χ4n) is 2.26. The second-order valence-electron chi connectivity index (χ2n) is 5.51. The molecule has 0 saturated carbocycles. The van der Waals surface area contributed by atoms with Gasteiger partial charge < -0.3 is 10.6 Å². The van der Waals surface area contributed by atoms with Crippen molar-refractivity contribution in [3.8, 4) is 0 Å². The summed E-state index contributed by atoms with van der Waals surface area (Å²) in [6, 6.07) is 14.2. The third-order valence-electron chi connectivity index (χ3n) is 3.70. The monoisotopic (exact) mass is 335 g/mol. The lowest BCUT2D eigenvalue weighted by atomic mass is 10.1. The minimum Gasteiger partial charge on any atom is -0.351 e. The van der Waals surface area contributed by atoms with E-state index in [2.05, 4.69) is 12.2 Å². The summed E-state index contributed by atoms with van der Waals surface area (Å²) < 4.78 is 12.8. The molecule has 0 saturated heterocycles. The molecule has 0 radical (unpaired) electrons. The first-order valence-corrected chi connectivity index (χ1v) is 8.02. The van der Waals surface area contributed by atoms with Gasteiger partial charge >= 0.3 is 0 Å². The Morgan fingerprint density at radius 1 is 1.17 bits per heavy atom. The summed E-state index contributed by atoms with van der Waals surface area (Å²) in [5.41, 5.74) is 2.14. The van der Waals surface area contributed by atoms with E-state index < -0.39 is 0 Å². The molecule has 23 heavy (non-hydrogen) atoms. The molecule has 0 unspecified atom stereocenters. The molecule has 0 aliphatic rings. The maximum absolute atomic E-state index is 12.8. The summed E-state index contributed by atoms with van der Waals surface area (Å²) >= 11 is 5.87. The van der Waals surface area contributed by atoms with E-state index in [-0.39, 0.29) is 17.8 Å². The van der Waals surface area contributed by atoms with Crippen molar-refractivity contribution in [3.05, 3.63) is 70.5 Å². The van der Waals surface area contributed by atoms with Crippen LogP contribution in [0, 0.1) is 5.82 Å². The standard InChI is InChI=1S/C18H20ClFN2O/c1-13(15-4-6-16(19)7-5-15)22-12-18(23)21-11-10-14-2-8-17(20)9-3-14/h2-9,13,22H,10-12H2,1H3,(H,21,23)/p+1/t13-/m1/s1. The predicted molar refractivity (Wildman–Crippen MR) is 89.8 cm³/mol. The minimum absolute atomic E-state index is 0.00655. The summed E-state index contributed by atoms with van der Waals surface area (Å²) in [5.74, 6) is -0.253. The van der Waals surface area contributed by atoms with Gasteiger partial charge in [0, 0.05) is 17.1 Å². The van der Waals surface area contributed by atoms with Crippen molar-refractivity contribution < 1.29 is 14.5 Å². The molecule has 2 aromatic rings. The van der Waals surface area contributed by atoms with Crippen molar-refractivity contribution in [2.75, 3.05) is 13.1 Å². The second kappa shape index (κ2) is 8.65. The van der Waals surface area contributed by atoms with Crippen LogP contribution in [0.1, 0.15) is 24.1 Å². The van der Waals surface area contributed by atoms with Crippen LogP contribution in [0.2, 0.25) is 5.02 Å². The number of amides is 1. The number of benzene rings is 2. The second-order valence-corrected chi connectivity index (χ2v) is 5.94. The van der Waals surface area contributed by atoms with Gasteiger partial charge in [-0.15, -0.1) is 0 Å². The number of carbonyl (C=O) groups is 1. The Labute approximate surface area is 140 Å². The SMILES string of the molecule is C[C@@H]([NH2+]CC(=O)NCCc1ccc(F)cc1)c1ccc(Cl)cc1. The lowest BCUT2D eigenvalue weighted by molar-refractivity contribution is -0.682. The van der Waals surface area contributed by atoms with Crippen LogP contribution < -0.4 is 10.6 Å². The molecule has 0 aliphatic heterocycles. The third kappa shape index (κ3) is 6.00. The molecule has 0 spiro atoms. The van der Waals surface area contributed by atoms with Crippen molar-refractivity contribution in [1.29, 1.82) is 0 Å². The lowest BCUT2D eigenvalue weighted by Crippen LogP contribution is -2.87. The van der Waals surface area contributed by atoms with Crippen LogP contribution in [-0.4, -0.2) is 19.0 Å². The summed E-state index contributed by atoms with van der Waals surface area (Å²) in [5, 5.41) is 5.57. The van der Waals surface area contributed by atoms with Crippen molar-refractivity contribution in [2.45, 2.75) is 19.4 Å². The quantitative estimate of drug-likeness (QED) is 0.802. The molecule has 0 aliphatic carbocycles. The molecular weight excluding hydrogens is 315 g/mol. The number of carbonyl (C=O) groups excluding carboxylic acids is 1. The largest absolute Gasteiger partial charge is 0.351 e. The Kier molecular flexibility index (Phi) is 6.56. The van der Waals surface area contributed by atoms with Gasteiger partial charge in [0.15, 0.2) is 6.54 Å². The maximum Gasteiger partial charge on any atom is 0.275 e. The van der Waals surface area contributed by atoms with Gasteiger partial charge in [-0.25, -0.2) is 4.39 Å². The minimum atomic E-state index is -0.247. The van der Waals surface area contributed by atoms with Crippen LogP contribution in [0.4, 0.5) is 4.39 Å². The van der Waals surface area contributed by atoms with Gasteiger partial charge in [-0.1, -0.05) is 35.9 Å². The number of rotatable bonds is 7. The highest BCUT2D eigenvalue weighted by Crippen LogP contribution is 2.13. The Balaban J connectivity index is 1.68. The highest BCUT2D eigenvalue weighted by molar-refractivity contribution is 6.30. The summed E-state index contributed by atoms with van der Waals surface area (Å²) in [4.78, 5) is 11.9. The average Bonchev–Trinajstić information content (AvgIpc) is 2.55. The van der Waals surface area contributed by atoms with E-state index >= 15 is 0 Å². The predicted octanol–water partition coefficient (Wildman–Crippen LogP) is 2.46. The van der Waals surface area contributed by atoms with Crippen LogP contribution in [0.3, 0.4) is 0 Å². The van der Waals surface area contributed by atoms with E-state index in [0.29, 0.717) is 24.5 Å². The van der Waals surface area contributed by atoms with Crippen molar-refractivity contribution in [2.24, 2.45) is 0 Å². The highest BCUT2D eigenvalue weighted by atomic mass is 35.5. The fraction of sp³-hybridized carbons (Fsp3) is 0.278. The number of nitrogens with one attached hydrogen (secondary N) is 1. The van der Waals surface area contributed by atoms with Gasteiger partial charge in [0.2, 0.25) is 0 Å². The summed E-state index contributed by atoms with van der Waals surface area (Å²) in [7, 11) is 0. The maximum atomic E-state index is 12.8. The zero-order valence-electron chi connectivity index (χ0n) is 13.1. The molecule has 1 atom stereocenters. The van der Waals surface area contributed by atoms with Crippen molar-refractivity contribution in [1.82, 2.24) is 5.32 Å². The van der Waals surface area contributed by atoms with E-state index in [1.54, 1.807) is 12.1 Å². The molecule has 2 rings (SSSR count). The molecule has 5 heteroatoms. The number of quaternary nitrogens is 1. The Morgan fingerprint density at radius 2 is 1.83 bits per heavy atom. The molecule has 0 aromatic heterocycles. The molecular formula is C18H21ClFN2O+. The van der Waals surface area contributed by atoms with Crippen LogP contribution in [-0.2, 0) is 11.2 Å². The van der Waals surface area contributed by atoms with Gasteiger partial charge in [0.05, 0.1) is 0 Å². The summed E-state index contributed by atoms with van der Waals surface area (Å²) in [6.45, 7) is 2.97.